The van der Waals surface area contributed by atoms with Crippen molar-refractivity contribution in [3.63, 3.8) is 0 Å². The van der Waals surface area contributed by atoms with Gasteiger partial charge in [-0.15, -0.1) is 0 Å². The Kier molecular flexibility index (Phi) is 6.58. The number of halogens is 4. The number of ether oxygens (including phenoxy) is 1. The molecule has 3 atom stereocenters. The minimum absolute atomic E-state index is 0.00354. The minimum atomic E-state index is -4.52. The molecule has 2 heterocycles. The first-order valence-corrected chi connectivity index (χ1v) is 11.1. The van der Waals surface area contributed by atoms with Gasteiger partial charge in [-0.05, 0) is 48.4 Å². The average Bonchev–Trinajstić information content (AvgIpc) is 3.37. The first-order chi connectivity index (χ1) is 15.6. The van der Waals surface area contributed by atoms with E-state index in [1.807, 2.05) is 0 Å². The van der Waals surface area contributed by atoms with Crippen molar-refractivity contribution in [3.8, 4) is 0 Å². The molecule has 2 aromatic rings. The van der Waals surface area contributed by atoms with E-state index in [2.05, 4.69) is 21.2 Å². The van der Waals surface area contributed by atoms with Crippen LogP contribution in [0.1, 0.15) is 27.9 Å². The zero-order valence-corrected chi connectivity index (χ0v) is 18.9. The standard InChI is InChI=1S/C23H20BrF3N2O4/c24-16-7-1-13(2-8-16)11-17(22(32)29-10-9-19-20(29)18(30)12-33-19)28-21(31)14-3-5-15(6-4-14)23(25,26)27/h1-8,17,19-20H,9-12H2,(H,28,31). The lowest BCUT2D eigenvalue weighted by Crippen LogP contribution is -2.53. The number of Topliss-reactive ketones (excluding diaryl/α,β-unsaturated/α-hetero) is 1. The predicted octanol–water partition coefficient (Wildman–Crippen LogP) is 3.38. The van der Waals surface area contributed by atoms with Gasteiger partial charge in [-0.25, -0.2) is 0 Å². The van der Waals surface area contributed by atoms with Crippen molar-refractivity contribution in [3.05, 3.63) is 69.7 Å². The van der Waals surface area contributed by atoms with Crippen LogP contribution in [-0.4, -0.2) is 53.8 Å². The van der Waals surface area contributed by atoms with Gasteiger partial charge in [0.05, 0.1) is 11.7 Å². The Bertz CT molecular complexity index is 1060. The molecule has 3 unspecified atom stereocenters. The van der Waals surface area contributed by atoms with E-state index < -0.39 is 35.6 Å². The van der Waals surface area contributed by atoms with Crippen LogP contribution in [0.4, 0.5) is 13.2 Å². The number of nitrogens with zero attached hydrogens (tertiary/aromatic N) is 1. The highest BCUT2D eigenvalue weighted by Gasteiger charge is 2.48. The van der Waals surface area contributed by atoms with Crippen molar-refractivity contribution in [2.24, 2.45) is 0 Å². The van der Waals surface area contributed by atoms with Crippen LogP contribution in [0.5, 0.6) is 0 Å². The topological polar surface area (TPSA) is 75.7 Å². The first kappa shape index (κ1) is 23.4. The van der Waals surface area contributed by atoms with Crippen molar-refractivity contribution in [1.29, 1.82) is 0 Å². The molecule has 10 heteroatoms. The molecule has 0 spiro atoms. The molecule has 4 rings (SSSR count). The summed E-state index contributed by atoms with van der Waals surface area (Å²) in [5.41, 5.74) is -0.102. The number of amides is 2. The maximum Gasteiger partial charge on any atom is 0.416 e. The molecule has 0 aromatic heterocycles. The van der Waals surface area contributed by atoms with Crippen LogP contribution >= 0.6 is 15.9 Å². The summed E-state index contributed by atoms with van der Waals surface area (Å²) in [7, 11) is 0. The fraction of sp³-hybridized carbons (Fsp3) is 0.348. The third-order valence-corrected chi connectivity index (χ3v) is 6.35. The molecule has 2 amide bonds. The van der Waals surface area contributed by atoms with Gasteiger partial charge in [0, 0.05) is 23.0 Å². The van der Waals surface area contributed by atoms with Gasteiger partial charge in [-0.2, -0.15) is 13.2 Å². The molecular formula is C23H20BrF3N2O4. The van der Waals surface area contributed by atoms with Gasteiger partial charge >= 0.3 is 6.18 Å². The van der Waals surface area contributed by atoms with E-state index in [0.29, 0.717) is 13.0 Å². The first-order valence-electron chi connectivity index (χ1n) is 10.3. The van der Waals surface area contributed by atoms with E-state index >= 15 is 0 Å². The number of rotatable bonds is 5. The van der Waals surface area contributed by atoms with Gasteiger partial charge in [-0.1, -0.05) is 28.1 Å². The highest BCUT2D eigenvalue weighted by atomic mass is 79.9. The second-order valence-corrected chi connectivity index (χ2v) is 8.93. The van der Waals surface area contributed by atoms with E-state index in [-0.39, 0.29) is 30.5 Å². The molecule has 33 heavy (non-hydrogen) atoms. The zero-order chi connectivity index (χ0) is 23.8. The van der Waals surface area contributed by atoms with Crippen LogP contribution in [0.15, 0.2) is 53.0 Å². The third kappa shape index (κ3) is 5.11. The highest BCUT2D eigenvalue weighted by molar-refractivity contribution is 9.10. The third-order valence-electron chi connectivity index (χ3n) is 5.83. The number of benzene rings is 2. The Labute approximate surface area is 196 Å². The van der Waals surface area contributed by atoms with E-state index in [1.54, 1.807) is 24.3 Å². The SMILES string of the molecule is O=C(NC(Cc1ccc(Br)cc1)C(=O)N1CCC2OCC(=O)C21)c1ccc(C(F)(F)F)cc1. The van der Waals surface area contributed by atoms with Crippen LogP contribution in [0.2, 0.25) is 0 Å². The molecule has 2 fully saturated rings. The number of hydrogen-bond donors (Lipinski definition) is 1. The summed E-state index contributed by atoms with van der Waals surface area (Å²) in [5, 5.41) is 2.65. The molecule has 2 saturated heterocycles. The number of nitrogens with one attached hydrogen (secondary N) is 1. The predicted molar refractivity (Wildman–Crippen MR) is 115 cm³/mol. The van der Waals surface area contributed by atoms with Gasteiger partial charge in [0.15, 0.2) is 5.78 Å². The fourth-order valence-electron chi connectivity index (χ4n) is 4.15. The second kappa shape index (κ2) is 9.26. The van der Waals surface area contributed by atoms with Crippen LogP contribution in [-0.2, 0) is 26.9 Å². The Balaban J connectivity index is 1.56. The zero-order valence-electron chi connectivity index (χ0n) is 17.3. The quantitative estimate of drug-likeness (QED) is 0.650. The molecule has 2 aliphatic rings. The van der Waals surface area contributed by atoms with Crippen molar-refractivity contribution < 1.29 is 32.3 Å². The van der Waals surface area contributed by atoms with Gasteiger partial charge in [-0.3, -0.25) is 14.4 Å². The van der Waals surface area contributed by atoms with E-state index in [1.165, 1.54) is 4.90 Å². The lowest BCUT2D eigenvalue weighted by atomic mass is 10.0. The number of carbonyl (C=O) groups excluding carboxylic acids is 3. The summed E-state index contributed by atoms with van der Waals surface area (Å²) < 4.78 is 44.8. The van der Waals surface area contributed by atoms with Crippen LogP contribution in [0.25, 0.3) is 0 Å². The largest absolute Gasteiger partial charge is 0.416 e. The summed E-state index contributed by atoms with van der Waals surface area (Å²) in [6.45, 7) is 0.279. The van der Waals surface area contributed by atoms with Crippen molar-refractivity contribution >= 4 is 33.5 Å². The smallest absolute Gasteiger partial charge is 0.368 e. The van der Waals surface area contributed by atoms with Gasteiger partial charge in [0.1, 0.15) is 18.7 Å². The molecule has 174 valence electrons. The summed E-state index contributed by atoms with van der Waals surface area (Å²) >= 11 is 3.35. The Morgan fingerprint density at radius 1 is 1.12 bits per heavy atom. The maximum absolute atomic E-state index is 13.4. The second-order valence-electron chi connectivity index (χ2n) is 8.01. The number of carbonyl (C=O) groups is 3. The molecular weight excluding hydrogens is 505 g/mol. The molecule has 2 aromatic carbocycles. The summed E-state index contributed by atoms with van der Waals surface area (Å²) in [5.74, 6) is -1.28. The number of ketones is 1. The van der Waals surface area contributed by atoms with Crippen LogP contribution in [0.3, 0.4) is 0 Å². The molecule has 2 aliphatic heterocycles. The average molecular weight is 525 g/mol. The van der Waals surface area contributed by atoms with Gasteiger partial charge in [0.2, 0.25) is 5.91 Å². The summed E-state index contributed by atoms with van der Waals surface area (Å²) in [6.07, 6.45) is -4.18. The molecule has 0 radical (unpaired) electrons. The van der Waals surface area contributed by atoms with Crippen LogP contribution in [0, 0.1) is 0 Å². The molecule has 6 nitrogen and oxygen atoms in total. The minimum Gasteiger partial charge on any atom is -0.368 e. The molecule has 1 N–H and O–H groups in total. The maximum atomic E-state index is 13.4. The normalized spacial score (nSPS) is 21.1. The van der Waals surface area contributed by atoms with E-state index in [0.717, 1.165) is 34.3 Å². The number of alkyl halides is 3. The Morgan fingerprint density at radius 3 is 2.42 bits per heavy atom. The van der Waals surface area contributed by atoms with Gasteiger partial charge < -0.3 is 15.0 Å². The van der Waals surface area contributed by atoms with Crippen LogP contribution < -0.4 is 5.32 Å². The lowest BCUT2D eigenvalue weighted by Gasteiger charge is -2.27. The molecule has 0 saturated carbocycles. The highest BCUT2D eigenvalue weighted by Crippen LogP contribution is 2.30. The Morgan fingerprint density at radius 2 is 1.79 bits per heavy atom. The van der Waals surface area contributed by atoms with Crippen molar-refractivity contribution in [2.75, 3.05) is 13.2 Å². The van der Waals surface area contributed by atoms with Crippen molar-refractivity contribution in [2.45, 2.75) is 37.2 Å². The monoisotopic (exact) mass is 524 g/mol. The number of fused-ring (bicyclic) bond motifs is 1. The summed E-state index contributed by atoms with van der Waals surface area (Å²) in [6, 6.07) is 9.29. The number of likely N-dealkylation sites (tertiary alicyclic amines) is 1. The Hall–Kier alpha value is -2.72. The lowest BCUT2D eigenvalue weighted by molar-refractivity contribution is -0.138. The van der Waals surface area contributed by atoms with E-state index in [9.17, 15) is 27.6 Å². The van der Waals surface area contributed by atoms with Crippen molar-refractivity contribution in [1.82, 2.24) is 10.2 Å². The van der Waals surface area contributed by atoms with E-state index in [4.69, 9.17) is 4.74 Å². The summed E-state index contributed by atoms with van der Waals surface area (Å²) in [4.78, 5) is 39.9. The molecule has 0 aliphatic carbocycles. The number of hydrogen-bond acceptors (Lipinski definition) is 4. The molecule has 0 bridgehead atoms. The fourth-order valence-corrected chi connectivity index (χ4v) is 4.41. The van der Waals surface area contributed by atoms with Gasteiger partial charge in [0.25, 0.3) is 5.91 Å².